The van der Waals surface area contributed by atoms with Crippen molar-refractivity contribution in [3.05, 3.63) is 11.6 Å². The quantitative estimate of drug-likeness (QED) is 0.246. The first kappa shape index (κ1) is 31.6. The van der Waals surface area contributed by atoms with Crippen LogP contribution < -0.4 is 5.32 Å². The van der Waals surface area contributed by atoms with E-state index in [1.54, 1.807) is 0 Å². The summed E-state index contributed by atoms with van der Waals surface area (Å²) in [5.41, 5.74) is 1.22. The van der Waals surface area contributed by atoms with Gasteiger partial charge in [-0.05, 0) is 116 Å². The summed E-state index contributed by atoms with van der Waals surface area (Å²) in [6, 6.07) is 0.464. The molecule has 0 aromatic carbocycles. The van der Waals surface area contributed by atoms with E-state index in [9.17, 15) is 14.7 Å². The van der Waals surface area contributed by atoms with Gasteiger partial charge in [0.25, 0.3) is 0 Å². The van der Waals surface area contributed by atoms with Gasteiger partial charge in [-0.3, -0.25) is 9.59 Å². The molecule has 0 radical (unpaired) electrons. The number of rotatable bonds is 5. The second kappa shape index (κ2) is 10.9. The Morgan fingerprint density at radius 1 is 0.884 bits per heavy atom. The number of allylic oxidation sites excluding steroid dienone is 2. The molecule has 5 nitrogen and oxygen atoms in total. The first-order valence-electron chi connectivity index (χ1n) is 18.1. The zero-order valence-electron chi connectivity index (χ0n) is 28.4. The van der Waals surface area contributed by atoms with E-state index in [4.69, 9.17) is 4.74 Å². The molecule has 0 amide bonds. The van der Waals surface area contributed by atoms with Crippen LogP contribution in [0, 0.1) is 56.7 Å². The first-order valence-corrected chi connectivity index (χ1v) is 18.1. The number of fused-ring (bicyclic) bond motifs is 7. The van der Waals surface area contributed by atoms with Gasteiger partial charge in [0.1, 0.15) is 6.10 Å². The number of ether oxygens (including phenoxy) is 1. The molecule has 5 heteroatoms. The first-order chi connectivity index (χ1) is 20.2. The minimum atomic E-state index is -0.586. The molecule has 5 fully saturated rings. The van der Waals surface area contributed by atoms with E-state index < -0.39 is 11.4 Å². The van der Waals surface area contributed by atoms with E-state index in [0.717, 1.165) is 51.4 Å². The van der Waals surface area contributed by atoms with Gasteiger partial charge in [0.2, 0.25) is 0 Å². The van der Waals surface area contributed by atoms with Gasteiger partial charge in [0, 0.05) is 11.5 Å². The Bertz CT molecular complexity index is 1140. The standard InChI is InChI=1S/C38H61NO4/c1-24-15-20-38(33(41)42)22-21-36(6)27(32(38)25(24)2)13-14-29-35(5)18-17-30(34(3,4)28(35)16-19-37(29,36)7)43-31(40)23-39-26-11-9-8-10-12-26/h13,24-26,28-30,32,39H,8-12,14-23H2,1-7H3,(H,41,42)/t24-,25+,28+,29-,30+,32+,35+,36-,37-,38+/m1/s1. The number of carboxylic acids is 1. The number of hydrogen-bond donors (Lipinski definition) is 2. The molecule has 2 N–H and O–H groups in total. The number of carbonyl (C=O) groups excluding carboxylic acids is 1. The van der Waals surface area contributed by atoms with E-state index in [1.807, 2.05) is 0 Å². The maximum atomic E-state index is 13.1. The van der Waals surface area contributed by atoms with Gasteiger partial charge >= 0.3 is 11.9 Å². The fourth-order valence-electron chi connectivity index (χ4n) is 12.8. The smallest absolute Gasteiger partial charge is 0.320 e. The number of esters is 1. The summed E-state index contributed by atoms with van der Waals surface area (Å²) >= 11 is 0. The van der Waals surface area contributed by atoms with Gasteiger partial charge in [-0.1, -0.05) is 79.4 Å². The summed E-state index contributed by atoms with van der Waals surface area (Å²) in [7, 11) is 0. The van der Waals surface area contributed by atoms with E-state index >= 15 is 0 Å². The lowest BCUT2D eigenvalue weighted by molar-refractivity contribution is -0.214. The van der Waals surface area contributed by atoms with Crippen molar-refractivity contribution >= 4 is 11.9 Å². The molecule has 0 aliphatic heterocycles. The van der Waals surface area contributed by atoms with Crippen molar-refractivity contribution in [1.82, 2.24) is 5.32 Å². The Balaban J connectivity index is 1.24. The molecule has 0 bridgehead atoms. The second-order valence-electron chi connectivity index (χ2n) is 17.7. The van der Waals surface area contributed by atoms with Gasteiger partial charge in [0.15, 0.2) is 0 Å². The molecule has 5 saturated carbocycles. The van der Waals surface area contributed by atoms with Crippen LogP contribution in [0.15, 0.2) is 11.6 Å². The third kappa shape index (κ3) is 4.62. The molecule has 43 heavy (non-hydrogen) atoms. The van der Waals surface area contributed by atoms with Crippen LogP contribution in [-0.2, 0) is 14.3 Å². The molecule has 242 valence electrons. The highest BCUT2D eigenvalue weighted by Gasteiger charge is 2.69. The fraction of sp³-hybridized carbons (Fsp3) is 0.895. The lowest BCUT2D eigenvalue weighted by Gasteiger charge is -2.71. The SMILES string of the molecule is C[C@H]1[C@H](C)CC[C@]2(C(=O)O)CC[C@]3(C)C(=CC[C@@H]4[C@@]5(C)CC[C@H](OC(=O)CNC6CCCCC6)C(C)(C)[C@@H]5CC[C@]43C)[C@H]12. The maximum Gasteiger partial charge on any atom is 0.320 e. The minimum absolute atomic E-state index is 0.0312. The predicted octanol–water partition coefficient (Wildman–Crippen LogP) is 8.56. The van der Waals surface area contributed by atoms with Crippen molar-refractivity contribution in [2.24, 2.45) is 56.7 Å². The summed E-state index contributed by atoms with van der Waals surface area (Å²) in [6.45, 7) is 17.5. The molecule has 0 heterocycles. The third-order valence-electron chi connectivity index (χ3n) is 15.8. The maximum absolute atomic E-state index is 13.1. The second-order valence-corrected chi connectivity index (χ2v) is 17.7. The van der Waals surface area contributed by atoms with Crippen LogP contribution in [0.2, 0.25) is 0 Å². The zero-order valence-corrected chi connectivity index (χ0v) is 28.4. The van der Waals surface area contributed by atoms with Gasteiger partial charge in [-0.25, -0.2) is 0 Å². The minimum Gasteiger partial charge on any atom is -0.481 e. The van der Waals surface area contributed by atoms with Crippen molar-refractivity contribution in [3.8, 4) is 0 Å². The van der Waals surface area contributed by atoms with Crippen molar-refractivity contribution in [2.75, 3.05) is 6.54 Å². The lowest BCUT2D eigenvalue weighted by Crippen LogP contribution is -2.65. The average molecular weight is 596 g/mol. The lowest BCUT2D eigenvalue weighted by atomic mass is 9.33. The Morgan fingerprint density at radius 2 is 1.60 bits per heavy atom. The molecule has 0 aromatic heterocycles. The summed E-state index contributed by atoms with van der Waals surface area (Å²) < 4.78 is 6.30. The van der Waals surface area contributed by atoms with E-state index in [2.05, 4.69) is 59.9 Å². The average Bonchev–Trinajstić information content (AvgIpc) is 2.96. The number of aliphatic carboxylic acids is 1. The van der Waals surface area contributed by atoms with Gasteiger partial charge in [-0.2, -0.15) is 0 Å². The molecule has 6 aliphatic rings. The van der Waals surface area contributed by atoms with Crippen molar-refractivity contribution in [3.63, 3.8) is 0 Å². The predicted molar refractivity (Wildman–Crippen MR) is 171 cm³/mol. The van der Waals surface area contributed by atoms with Gasteiger partial charge in [0.05, 0.1) is 12.0 Å². The molecule has 0 unspecified atom stereocenters. The molecule has 6 aliphatic carbocycles. The zero-order chi connectivity index (χ0) is 31.0. The number of carboxylic acid groups (broad SMARTS) is 1. The molecule has 10 atom stereocenters. The summed E-state index contributed by atoms with van der Waals surface area (Å²) in [5.74, 6) is 1.56. The van der Waals surface area contributed by atoms with E-state index in [1.165, 1.54) is 44.1 Å². The van der Waals surface area contributed by atoms with Crippen molar-refractivity contribution < 1.29 is 19.4 Å². The number of carbonyl (C=O) groups is 2. The Labute approximate surface area is 261 Å². The fourth-order valence-corrected chi connectivity index (χ4v) is 12.8. The third-order valence-corrected chi connectivity index (χ3v) is 15.8. The highest BCUT2D eigenvalue weighted by Crippen LogP contribution is 2.75. The molecule has 0 saturated heterocycles. The highest BCUT2D eigenvalue weighted by molar-refractivity contribution is 5.76. The van der Waals surface area contributed by atoms with Crippen LogP contribution in [0.3, 0.4) is 0 Å². The van der Waals surface area contributed by atoms with E-state index in [-0.39, 0.29) is 39.7 Å². The Hall–Kier alpha value is -1.36. The highest BCUT2D eigenvalue weighted by atomic mass is 16.5. The van der Waals surface area contributed by atoms with Crippen LogP contribution in [0.25, 0.3) is 0 Å². The molecular formula is C38H61NO4. The molecule has 6 rings (SSSR count). The van der Waals surface area contributed by atoms with Gasteiger partial charge < -0.3 is 15.2 Å². The summed E-state index contributed by atoms with van der Waals surface area (Å²) in [5, 5.41) is 14.2. The number of hydrogen-bond acceptors (Lipinski definition) is 4. The summed E-state index contributed by atoms with van der Waals surface area (Å²) in [4.78, 5) is 26.0. The van der Waals surface area contributed by atoms with Crippen molar-refractivity contribution in [2.45, 2.75) is 151 Å². The van der Waals surface area contributed by atoms with E-state index in [0.29, 0.717) is 36.3 Å². The molecular weight excluding hydrogens is 534 g/mol. The molecule has 0 aromatic rings. The van der Waals surface area contributed by atoms with Crippen LogP contribution in [0.1, 0.15) is 138 Å². The molecule has 0 spiro atoms. The van der Waals surface area contributed by atoms with Crippen LogP contribution in [0.4, 0.5) is 0 Å². The topological polar surface area (TPSA) is 75.6 Å². The Kier molecular flexibility index (Phi) is 7.99. The monoisotopic (exact) mass is 595 g/mol. The number of nitrogens with one attached hydrogen (secondary N) is 1. The van der Waals surface area contributed by atoms with Gasteiger partial charge in [-0.15, -0.1) is 0 Å². The Morgan fingerprint density at radius 3 is 2.30 bits per heavy atom. The van der Waals surface area contributed by atoms with Crippen LogP contribution in [-0.4, -0.2) is 35.7 Å². The van der Waals surface area contributed by atoms with Crippen LogP contribution in [0.5, 0.6) is 0 Å². The largest absolute Gasteiger partial charge is 0.481 e. The van der Waals surface area contributed by atoms with Crippen LogP contribution >= 0.6 is 0 Å². The normalized spacial score (nSPS) is 47.7. The van der Waals surface area contributed by atoms with Crippen molar-refractivity contribution in [1.29, 1.82) is 0 Å². The summed E-state index contributed by atoms with van der Waals surface area (Å²) in [6.07, 6.45) is 17.8.